The van der Waals surface area contributed by atoms with E-state index in [0.717, 1.165) is 61.7 Å². The standard InChI is InChI=1S/C61H39NO2/c1-2-14-38(15-3-1)39-26-30-41(31-27-39)62(43-34-35-47-46-18-7-12-24-54(46)63-56(47)36-43)42-32-28-40(29-33-42)58-59-48-19-6-11-23-52(48)61(50-21-9-4-16-44(50)45-17-5-10-22-51(45)61)53(59)37-57-60(58)49-20-8-13-25-55(49)64-57/h1-33,35-37,43H,34H2. The van der Waals surface area contributed by atoms with Gasteiger partial charge in [0.1, 0.15) is 22.2 Å². The summed E-state index contributed by atoms with van der Waals surface area (Å²) >= 11 is 0. The van der Waals surface area contributed by atoms with Crippen LogP contribution in [0.25, 0.3) is 89.6 Å². The molecular formula is C61H39NO2. The minimum Gasteiger partial charge on any atom is -0.456 e. The summed E-state index contributed by atoms with van der Waals surface area (Å²) in [4.78, 5) is 2.47. The zero-order chi connectivity index (χ0) is 41.9. The highest BCUT2D eigenvalue weighted by Crippen LogP contribution is 2.65. The first kappa shape index (κ1) is 35.5. The van der Waals surface area contributed by atoms with Crippen LogP contribution in [0.2, 0.25) is 0 Å². The minimum atomic E-state index is -0.494. The fourth-order valence-electron chi connectivity index (χ4n) is 11.6. The lowest BCUT2D eigenvalue weighted by Crippen LogP contribution is -2.36. The summed E-state index contributed by atoms with van der Waals surface area (Å²) in [7, 11) is 0. The van der Waals surface area contributed by atoms with Crippen molar-refractivity contribution in [3.63, 3.8) is 0 Å². The smallest absolute Gasteiger partial charge is 0.136 e. The summed E-state index contributed by atoms with van der Waals surface area (Å²) in [6.07, 6.45) is 5.51. The summed E-state index contributed by atoms with van der Waals surface area (Å²) in [5.74, 6) is 0. The molecule has 2 aromatic heterocycles. The van der Waals surface area contributed by atoms with Crippen molar-refractivity contribution in [3.8, 4) is 44.5 Å². The molecule has 0 bridgehead atoms. The summed E-state index contributed by atoms with van der Waals surface area (Å²) < 4.78 is 13.4. The number of furan rings is 2. The molecule has 3 aliphatic rings. The molecule has 1 unspecified atom stereocenters. The molecule has 0 radical (unpaired) electrons. The third-order valence-electron chi connectivity index (χ3n) is 14.2. The van der Waals surface area contributed by atoms with Crippen LogP contribution in [0, 0.1) is 0 Å². The molecule has 300 valence electrons. The second-order valence-electron chi connectivity index (χ2n) is 17.4. The Morgan fingerprint density at radius 3 is 1.64 bits per heavy atom. The second-order valence-corrected chi connectivity index (χ2v) is 17.4. The number of para-hydroxylation sites is 2. The number of hydrogen-bond donors (Lipinski definition) is 0. The van der Waals surface area contributed by atoms with Gasteiger partial charge in [-0.25, -0.2) is 0 Å². The summed E-state index contributed by atoms with van der Waals surface area (Å²) in [6.45, 7) is 0. The van der Waals surface area contributed by atoms with E-state index < -0.39 is 5.41 Å². The Bertz CT molecular complexity index is 3770. The van der Waals surface area contributed by atoms with Crippen LogP contribution in [0.1, 0.15) is 28.7 Å². The van der Waals surface area contributed by atoms with Gasteiger partial charge in [0.25, 0.3) is 0 Å². The van der Waals surface area contributed by atoms with E-state index >= 15 is 0 Å². The highest BCUT2D eigenvalue weighted by atomic mass is 16.3. The Balaban J connectivity index is 0.989. The maximum atomic E-state index is 6.88. The first-order chi connectivity index (χ1) is 31.7. The van der Waals surface area contributed by atoms with Crippen LogP contribution in [0.5, 0.6) is 0 Å². The van der Waals surface area contributed by atoms with E-state index in [1.54, 1.807) is 0 Å². The van der Waals surface area contributed by atoms with Gasteiger partial charge in [0, 0.05) is 38.3 Å². The van der Waals surface area contributed by atoms with Crippen LogP contribution >= 0.6 is 0 Å². The van der Waals surface area contributed by atoms with E-state index in [1.807, 2.05) is 6.07 Å². The van der Waals surface area contributed by atoms with E-state index in [0.29, 0.717) is 0 Å². The maximum Gasteiger partial charge on any atom is 0.136 e. The molecule has 3 nitrogen and oxygen atoms in total. The van der Waals surface area contributed by atoms with Crippen molar-refractivity contribution < 1.29 is 8.83 Å². The summed E-state index contributed by atoms with van der Waals surface area (Å²) in [5.41, 5.74) is 20.5. The highest BCUT2D eigenvalue weighted by Gasteiger charge is 2.52. The van der Waals surface area contributed by atoms with Gasteiger partial charge in [-0.15, -0.1) is 0 Å². The highest BCUT2D eigenvalue weighted by molar-refractivity contribution is 6.18. The van der Waals surface area contributed by atoms with Crippen molar-refractivity contribution in [1.29, 1.82) is 0 Å². The van der Waals surface area contributed by atoms with Crippen molar-refractivity contribution in [2.75, 3.05) is 4.90 Å². The van der Waals surface area contributed by atoms with Gasteiger partial charge in [0.2, 0.25) is 0 Å². The average Bonchev–Trinajstić information content (AvgIpc) is 4.09. The second kappa shape index (κ2) is 13.4. The van der Waals surface area contributed by atoms with Gasteiger partial charge in [-0.3, -0.25) is 0 Å². The molecule has 1 spiro atoms. The molecular weight excluding hydrogens is 779 g/mol. The SMILES string of the molecule is C1=c2oc3ccccc3c2=CCC1N(c1ccc(-c2ccccc2)cc1)c1ccc(-c2c3c(cc4oc5ccccc5c24)C2(c4ccccc4-c4ccccc42)c2ccccc2-3)cc1. The first-order valence-corrected chi connectivity index (χ1v) is 22.3. The molecule has 0 fully saturated rings. The fraction of sp³-hybridized carbons (Fsp3) is 0.0492. The Morgan fingerprint density at radius 1 is 0.422 bits per heavy atom. The van der Waals surface area contributed by atoms with E-state index in [-0.39, 0.29) is 6.04 Å². The molecule has 0 saturated heterocycles. The molecule has 1 atom stereocenters. The molecule has 0 aliphatic heterocycles. The van der Waals surface area contributed by atoms with Crippen molar-refractivity contribution >= 4 is 56.4 Å². The van der Waals surface area contributed by atoms with Crippen molar-refractivity contribution in [2.24, 2.45) is 0 Å². The molecule has 64 heavy (non-hydrogen) atoms. The van der Waals surface area contributed by atoms with Crippen LogP contribution in [0.4, 0.5) is 11.4 Å². The lowest BCUT2D eigenvalue weighted by molar-refractivity contribution is 0.568. The van der Waals surface area contributed by atoms with Gasteiger partial charge in [-0.05, 0) is 116 Å². The third kappa shape index (κ3) is 4.87. The summed E-state index contributed by atoms with van der Waals surface area (Å²) in [6, 6.07) is 75.3. The Hall–Kier alpha value is -8.14. The average molecular weight is 818 g/mol. The number of anilines is 2. The van der Waals surface area contributed by atoms with Gasteiger partial charge in [-0.1, -0.05) is 170 Å². The van der Waals surface area contributed by atoms with Crippen LogP contribution in [-0.2, 0) is 5.41 Å². The van der Waals surface area contributed by atoms with E-state index in [1.165, 1.54) is 66.4 Å². The molecule has 9 aromatic carbocycles. The monoisotopic (exact) mass is 817 g/mol. The number of hydrogen-bond acceptors (Lipinski definition) is 3. The molecule has 14 rings (SSSR count). The number of benzene rings is 9. The van der Waals surface area contributed by atoms with Gasteiger partial charge in [-0.2, -0.15) is 0 Å². The first-order valence-electron chi connectivity index (χ1n) is 22.3. The quantitative estimate of drug-likeness (QED) is 0.173. The molecule has 2 heterocycles. The molecule has 11 aromatic rings. The third-order valence-corrected chi connectivity index (χ3v) is 14.2. The van der Waals surface area contributed by atoms with E-state index in [4.69, 9.17) is 8.83 Å². The van der Waals surface area contributed by atoms with Gasteiger partial charge >= 0.3 is 0 Å². The normalized spacial score (nSPS) is 15.0. The Labute approximate surface area is 370 Å². The zero-order valence-electron chi connectivity index (χ0n) is 34.8. The predicted octanol–water partition coefficient (Wildman–Crippen LogP) is 14.2. The Kier molecular flexibility index (Phi) is 7.44. The van der Waals surface area contributed by atoms with E-state index in [2.05, 4.69) is 217 Å². The molecule has 3 aliphatic carbocycles. The molecule has 3 heteroatoms. The van der Waals surface area contributed by atoms with Crippen LogP contribution in [-0.4, -0.2) is 6.04 Å². The van der Waals surface area contributed by atoms with Crippen LogP contribution < -0.4 is 15.5 Å². The number of rotatable bonds is 5. The maximum absolute atomic E-state index is 6.88. The Morgan fingerprint density at radius 2 is 0.953 bits per heavy atom. The molecule has 0 N–H and O–H groups in total. The van der Waals surface area contributed by atoms with Crippen molar-refractivity contribution in [2.45, 2.75) is 17.9 Å². The lowest BCUT2D eigenvalue weighted by atomic mass is 9.70. The minimum absolute atomic E-state index is 0.0289. The van der Waals surface area contributed by atoms with Crippen LogP contribution in [0.15, 0.2) is 215 Å². The molecule has 0 amide bonds. The fourth-order valence-corrected chi connectivity index (χ4v) is 11.6. The van der Waals surface area contributed by atoms with Gasteiger partial charge < -0.3 is 13.7 Å². The number of fused-ring (bicyclic) bond motifs is 16. The van der Waals surface area contributed by atoms with E-state index in [9.17, 15) is 0 Å². The summed E-state index contributed by atoms with van der Waals surface area (Å²) in [5, 5.41) is 4.62. The van der Waals surface area contributed by atoms with Gasteiger partial charge in [0.15, 0.2) is 0 Å². The lowest BCUT2D eigenvalue weighted by Gasteiger charge is -2.32. The predicted molar refractivity (Wildman–Crippen MR) is 262 cm³/mol. The van der Waals surface area contributed by atoms with Gasteiger partial charge in [0.05, 0.1) is 11.5 Å². The molecule has 0 saturated carbocycles. The zero-order valence-corrected chi connectivity index (χ0v) is 34.8. The van der Waals surface area contributed by atoms with Crippen molar-refractivity contribution in [1.82, 2.24) is 0 Å². The number of nitrogens with zero attached hydrogens (tertiary/aromatic N) is 1. The largest absolute Gasteiger partial charge is 0.456 e. The van der Waals surface area contributed by atoms with Crippen molar-refractivity contribution in [3.05, 3.63) is 239 Å². The van der Waals surface area contributed by atoms with Crippen LogP contribution in [0.3, 0.4) is 0 Å². The topological polar surface area (TPSA) is 29.5 Å².